The number of fused-ring (bicyclic) bond motifs is 1. The predicted octanol–water partition coefficient (Wildman–Crippen LogP) is 2.00. The Hall–Kier alpha value is -2.72. The number of anilines is 1. The van der Waals surface area contributed by atoms with Crippen molar-refractivity contribution in [3.63, 3.8) is 0 Å². The van der Waals surface area contributed by atoms with E-state index in [0.29, 0.717) is 24.7 Å². The third kappa shape index (κ3) is 4.17. The fraction of sp³-hybridized carbons (Fsp3) is 0.235. The zero-order valence-electron chi connectivity index (χ0n) is 14.2. The van der Waals surface area contributed by atoms with Crippen LogP contribution in [0.25, 0.3) is 0 Å². The van der Waals surface area contributed by atoms with E-state index in [-0.39, 0.29) is 10.6 Å². The molecule has 27 heavy (non-hydrogen) atoms. The number of amides is 1. The van der Waals surface area contributed by atoms with Gasteiger partial charge < -0.3 is 14.8 Å². The van der Waals surface area contributed by atoms with Crippen LogP contribution in [-0.4, -0.2) is 45.4 Å². The van der Waals surface area contributed by atoms with Crippen molar-refractivity contribution < 1.29 is 31.5 Å². The van der Waals surface area contributed by atoms with Crippen LogP contribution in [0.15, 0.2) is 41.3 Å². The molecule has 0 saturated heterocycles. The van der Waals surface area contributed by atoms with Crippen molar-refractivity contribution in [3.8, 4) is 11.5 Å². The van der Waals surface area contributed by atoms with Crippen molar-refractivity contribution in [3.05, 3.63) is 48.0 Å². The number of nitrogens with zero attached hydrogens (tertiary/aromatic N) is 1. The summed E-state index contributed by atoms with van der Waals surface area (Å²) in [5.74, 6) is -2.12. The second kappa shape index (κ2) is 7.49. The van der Waals surface area contributed by atoms with Crippen LogP contribution in [0, 0.1) is 11.6 Å². The standard InChI is InChI=1S/C17H16F2N2O5S/c1-21(10-17(22)20-11-2-4-13(18)14(19)8-11)27(23,24)12-3-5-15-16(9-12)26-7-6-25-15/h2-5,8-9H,6-7,10H2,1H3,(H,20,22). The molecular weight excluding hydrogens is 382 g/mol. The van der Waals surface area contributed by atoms with E-state index < -0.39 is 34.1 Å². The number of likely N-dealkylation sites (N-methyl/N-ethyl adjacent to an activating group) is 1. The molecule has 10 heteroatoms. The maximum Gasteiger partial charge on any atom is 0.243 e. The van der Waals surface area contributed by atoms with E-state index in [1.54, 1.807) is 0 Å². The van der Waals surface area contributed by atoms with Crippen molar-refractivity contribution in [1.82, 2.24) is 4.31 Å². The van der Waals surface area contributed by atoms with Gasteiger partial charge in [0.2, 0.25) is 15.9 Å². The molecule has 0 spiro atoms. The highest BCUT2D eigenvalue weighted by atomic mass is 32.2. The zero-order valence-corrected chi connectivity index (χ0v) is 15.1. The second-order valence-electron chi connectivity index (χ2n) is 5.74. The Bertz CT molecular complexity index is 981. The molecule has 7 nitrogen and oxygen atoms in total. The van der Waals surface area contributed by atoms with Crippen LogP contribution in [0.4, 0.5) is 14.5 Å². The number of hydrogen-bond donors (Lipinski definition) is 1. The van der Waals surface area contributed by atoms with Crippen LogP contribution in [0.2, 0.25) is 0 Å². The minimum atomic E-state index is -3.97. The molecule has 0 unspecified atom stereocenters. The van der Waals surface area contributed by atoms with Gasteiger partial charge in [0.05, 0.1) is 11.4 Å². The third-order valence-corrected chi connectivity index (χ3v) is 5.59. The van der Waals surface area contributed by atoms with Crippen molar-refractivity contribution in [2.24, 2.45) is 0 Å². The molecule has 0 saturated carbocycles. The first-order chi connectivity index (χ1) is 12.8. The molecule has 144 valence electrons. The van der Waals surface area contributed by atoms with Crippen molar-refractivity contribution in [2.45, 2.75) is 4.90 Å². The number of rotatable bonds is 5. The van der Waals surface area contributed by atoms with Gasteiger partial charge in [-0.1, -0.05) is 0 Å². The van der Waals surface area contributed by atoms with Gasteiger partial charge in [-0.2, -0.15) is 4.31 Å². The molecule has 1 N–H and O–H groups in total. The van der Waals surface area contributed by atoms with Crippen LogP contribution >= 0.6 is 0 Å². The fourth-order valence-corrected chi connectivity index (χ4v) is 3.57. The maximum absolute atomic E-state index is 13.2. The van der Waals surface area contributed by atoms with Crippen LogP contribution < -0.4 is 14.8 Å². The number of hydrogen-bond acceptors (Lipinski definition) is 5. The first-order valence-corrected chi connectivity index (χ1v) is 9.32. The number of carbonyl (C=O) groups excluding carboxylic acids is 1. The summed E-state index contributed by atoms with van der Waals surface area (Å²) >= 11 is 0. The van der Waals surface area contributed by atoms with E-state index in [1.165, 1.54) is 31.3 Å². The highest BCUT2D eigenvalue weighted by molar-refractivity contribution is 7.89. The normalized spacial score (nSPS) is 13.5. The fourth-order valence-electron chi connectivity index (χ4n) is 2.43. The number of halogens is 2. The lowest BCUT2D eigenvalue weighted by Gasteiger charge is -2.21. The molecule has 1 aliphatic heterocycles. The Labute approximate surface area is 154 Å². The van der Waals surface area contributed by atoms with Crippen LogP contribution in [0.5, 0.6) is 11.5 Å². The van der Waals surface area contributed by atoms with Gasteiger partial charge in [0, 0.05) is 24.9 Å². The van der Waals surface area contributed by atoms with Crippen molar-refractivity contribution >= 4 is 21.6 Å². The summed E-state index contributed by atoms with van der Waals surface area (Å²) in [6.07, 6.45) is 0. The summed E-state index contributed by atoms with van der Waals surface area (Å²) < 4.78 is 62.9. The van der Waals surface area contributed by atoms with Crippen LogP contribution in [0.3, 0.4) is 0 Å². The van der Waals surface area contributed by atoms with Gasteiger partial charge in [-0.15, -0.1) is 0 Å². The van der Waals surface area contributed by atoms with Gasteiger partial charge in [-0.3, -0.25) is 4.79 Å². The first-order valence-electron chi connectivity index (χ1n) is 7.88. The summed E-state index contributed by atoms with van der Waals surface area (Å²) in [6.45, 7) is 0.169. The minimum absolute atomic E-state index is 0.0176. The highest BCUT2D eigenvalue weighted by Crippen LogP contribution is 2.32. The zero-order chi connectivity index (χ0) is 19.6. The molecule has 1 heterocycles. The van der Waals surface area contributed by atoms with Crippen molar-refractivity contribution in [1.29, 1.82) is 0 Å². The highest BCUT2D eigenvalue weighted by Gasteiger charge is 2.25. The summed E-state index contributed by atoms with van der Waals surface area (Å²) in [5.41, 5.74) is 0.0176. The second-order valence-corrected chi connectivity index (χ2v) is 7.79. The van der Waals surface area contributed by atoms with Gasteiger partial charge >= 0.3 is 0 Å². The number of benzene rings is 2. The summed E-state index contributed by atoms with van der Waals surface area (Å²) in [5, 5.41) is 2.32. The van der Waals surface area contributed by atoms with Crippen LogP contribution in [0.1, 0.15) is 0 Å². The molecule has 0 atom stereocenters. The average molecular weight is 398 g/mol. The Balaban J connectivity index is 1.71. The van der Waals surface area contributed by atoms with Gasteiger partial charge in [0.15, 0.2) is 23.1 Å². The van der Waals surface area contributed by atoms with Crippen LogP contribution in [-0.2, 0) is 14.8 Å². The number of ether oxygens (including phenoxy) is 2. The summed E-state index contributed by atoms with van der Waals surface area (Å²) in [7, 11) is -2.74. The summed E-state index contributed by atoms with van der Waals surface area (Å²) in [4.78, 5) is 12.0. The lowest BCUT2D eigenvalue weighted by atomic mass is 10.3. The Kier molecular flexibility index (Phi) is 5.29. The molecule has 2 aromatic rings. The number of carbonyl (C=O) groups is 1. The van der Waals surface area contributed by atoms with Gasteiger partial charge in [-0.25, -0.2) is 17.2 Å². The number of nitrogens with one attached hydrogen (secondary N) is 1. The largest absolute Gasteiger partial charge is 0.486 e. The van der Waals surface area contributed by atoms with Gasteiger partial charge in [0.1, 0.15) is 13.2 Å². The molecule has 0 aromatic heterocycles. The molecule has 1 amide bonds. The van der Waals surface area contributed by atoms with E-state index in [1.807, 2.05) is 0 Å². The number of sulfonamides is 1. The minimum Gasteiger partial charge on any atom is -0.486 e. The van der Waals surface area contributed by atoms with E-state index >= 15 is 0 Å². The third-order valence-electron chi connectivity index (χ3n) is 3.79. The smallest absolute Gasteiger partial charge is 0.243 e. The Morgan fingerprint density at radius 1 is 1.07 bits per heavy atom. The van der Waals surface area contributed by atoms with E-state index in [4.69, 9.17) is 9.47 Å². The van der Waals surface area contributed by atoms with Crippen molar-refractivity contribution in [2.75, 3.05) is 32.1 Å². The molecule has 0 aliphatic carbocycles. The summed E-state index contributed by atoms with van der Waals surface area (Å²) in [6, 6.07) is 7.01. The molecule has 0 bridgehead atoms. The average Bonchev–Trinajstić information content (AvgIpc) is 2.64. The molecule has 0 radical (unpaired) electrons. The lowest BCUT2D eigenvalue weighted by molar-refractivity contribution is -0.116. The molecule has 2 aromatic carbocycles. The van der Waals surface area contributed by atoms with Gasteiger partial charge in [-0.05, 0) is 24.3 Å². The predicted molar refractivity (Wildman–Crippen MR) is 92.2 cm³/mol. The maximum atomic E-state index is 13.2. The SMILES string of the molecule is CN(CC(=O)Nc1ccc(F)c(F)c1)S(=O)(=O)c1ccc2c(c1)OCCO2. The van der Waals surface area contributed by atoms with E-state index in [9.17, 15) is 22.0 Å². The van der Waals surface area contributed by atoms with E-state index in [0.717, 1.165) is 16.4 Å². The molecule has 3 rings (SSSR count). The van der Waals surface area contributed by atoms with Gasteiger partial charge in [0.25, 0.3) is 0 Å². The molecule has 1 aliphatic rings. The Morgan fingerprint density at radius 3 is 2.48 bits per heavy atom. The topological polar surface area (TPSA) is 84.9 Å². The monoisotopic (exact) mass is 398 g/mol. The Morgan fingerprint density at radius 2 is 1.78 bits per heavy atom. The molecular formula is C17H16F2N2O5S. The quantitative estimate of drug-likeness (QED) is 0.833. The van der Waals surface area contributed by atoms with E-state index in [2.05, 4.69) is 5.32 Å². The first kappa shape index (κ1) is 19.1. The lowest BCUT2D eigenvalue weighted by Crippen LogP contribution is -2.35. The molecule has 0 fully saturated rings.